The zero-order chi connectivity index (χ0) is 18.4. The lowest BCUT2D eigenvalue weighted by Crippen LogP contribution is -2.16. The first-order chi connectivity index (χ1) is 11.9. The molecule has 3 N–H and O–H groups in total. The second kappa shape index (κ2) is 8.90. The SMILES string of the molecule is Cc1cc(C)c(/C=C/C(O)CC(O)CCO)c(-c2ccc(F)cc2)c1. The van der Waals surface area contributed by atoms with Crippen LogP contribution < -0.4 is 0 Å². The Labute approximate surface area is 148 Å². The highest BCUT2D eigenvalue weighted by Crippen LogP contribution is 2.29. The van der Waals surface area contributed by atoms with Gasteiger partial charge in [-0.05, 0) is 54.7 Å². The normalized spacial score (nSPS) is 14.0. The summed E-state index contributed by atoms with van der Waals surface area (Å²) >= 11 is 0. The van der Waals surface area contributed by atoms with Crippen LogP contribution in [0, 0.1) is 19.7 Å². The quantitative estimate of drug-likeness (QED) is 0.719. The molecular formula is C21H25FO3. The first-order valence-corrected chi connectivity index (χ1v) is 8.43. The van der Waals surface area contributed by atoms with Gasteiger partial charge in [0.25, 0.3) is 0 Å². The largest absolute Gasteiger partial charge is 0.396 e. The van der Waals surface area contributed by atoms with Gasteiger partial charge in [0, 0.05) is 13.0 Å². The van der Waals surface area contributed by atoms with E-state index < -0.39 is 12.2 Å². The Bertz CT molecular complexity index is 723. The Balaban J connectivity index is 2.30. The van der Waals surface area contributed by atoms with E-state index in [-0.39, 0.29) is 25.3 Å². The summed E-state index contributed by atoms with van der Waals surface area (Å²) in [5, 5.41) is 28.6. The van der Waals surface area contributed by atoms with Crippen LogP contribution in [0.4, 0.5) is 4.39 Å². The van der Waals surface area contributed by atoms with E-state index in [1.54, 1.807) is 18.2 Å². The minimum Gasteiger partial charge on any atom is -0.396 e. The zero-order valence-electron chi connectivity index (χ0n) is 14.6. The van der Waals surface area contributed by atoms with Crippen LogP contribution in [0.2, 0.25) is 0 Å². The molecule has 0 aromatic heterocycles. The zero-order valence-corrected chi connectivity index (χ0v) is 14.6. The molecule has 0 aliphatic carbocycles. The second-order valence-electron chi connectivity index (χ2n) is 6.38. The number of hydrogen-bond acceptors (Lipinski definition) is 3. The maximum atomic E-state index is 13.2. The van der Waals surface area contributed by atoms with Crippen molar-refractivity contribution in [2.24, 2.45) is 0 Å². The fourth-order valence-corrected chi connectivity index (χ4v) is 2.90. The summed E-state index contributed by atoms with van der Waals surface area (Å²) in [5.74, 6) is -0.279. The standard InChI is InChI=1S/C21H25FO3/c1-14-11-15(2)20(8-7-18(24)13-19(25)9-10-23)21(12-14)16-3-5-17(22)6-4-16/h3-8,11-12,18-19,23-25H,9-10,13H2,1-2H3/b8-7+. The Morgan fingerprint density at radius 3 is 2.40 bits per heavy atom. The molecule has 0 radical (unpaired) electrons. The minimum atomic E-state index is -0.802. The van der Waals surface area contributed by atoms with Crippen molar-refractivity contribution in [2.45, 2.75) is 38.9 Å². The number of hydrogen-bond donors (Lipinski definition) is 3. The molecule has 25 heavy (non-hydrogen) atoms. The van der Waals surface area contributed by atoms with Crippen molar-refractivity contribution < 1.29 is 19.7 Å². The molecule has 0 heterocycles. The Morgan fingerprint density at radius 2 is 1.76 bits per heavy atom. The van der Waals surface area contributed by atoms with Gasteiger partial charge >= 0.3 is 0 Å². The molecule has 2 aromatic rings. The summed E-state index contributed by atoms with van der Waals surface area (Å²) in [7, 11) is 0. The van der Waals surface area contributed by atoms with Gasteiger partial charge in [-0.15, -0.1) is 0 Å². The first kappa shape index (κ1) is 19.3. The molecule has 0 bridgehead atoms. The number of halogens is 1. The van der Waals surface area contributed by atoms with Gasteiger partial charge in [-0.1, -0.05) is 42.0 Å². The smallest absolute Gasteiger partial charge is 0.123 e. The van der Waals surface area contributed by atoms with Crippen LogP contribution >= 0.6 is 0 Å². The Morgan fingerprint density at radius 1 is 1.08 bits per heavy atom. The van der Waals surface area contributed by atoms with Gasteiger partial charge in [-0.25, -0.2) is 4.39 Å². The summed E-state index contributed by atoms with van der Waals surface area (Å²) < 4.78 is 13.2. The average molecular weight is 344 g/mol. The van der Waals surface area contributed by atoms with E-state index >= 15 is 0 Å². The summed E-state index contributed by atoms with van der Waals surface area (Å²) in [6.07, 6.45) is 2.36. The maximum Gasteiger partial charge on any atom is 0.123 e. The highest BCUT2D eigenvalue weighted by Gasteiger charge is 2.11. The molecule has 0 saturated carbocycles. The molecule has 0 fully saturated rings. The van der Waals surface area contributed by atoms with Gasteiger partial charge in [-0.3, -0.25) is 0 Å². The molecule has 0 aliphatic heterocycles. The van der Waals surface area contributed by atoms with E-state index in [1.807, 2.05) is 26.0 Å². The second-order valence-corrected chi connectivity index (χ2v) is 6.38. The van der Waals surface area contributed by atoms with Crippen LogP contribution in [0.3, 0.4) is 0 Å². The van der Waals surface area contributed by atoms with Crippen LogP contribution in [0.5, 0.6) is 0 Å². The summed E-state index contributed by atoms with van der Waals surface area (Å²) in [5.41, 5.74) is 4.99. The summed E-state index contributed by atoms with van der Waals surface area (Å²) in [4.78, 5) is 0. The van der Waals surface area contributed by atoms with E-state index in [0.29, 0.717) is 0 Å². The van der Waals surface area contributed by atoms with Crippen molar-refractivity contribution in [3.05, 3.63) is 65.0 Å². The molecule has 3 nitrogen and oxygen atoms in total. The number of benzene rings is 2. The summed E-state index contributed by atoms with van der Waals surface area (Å²) in [6, 6.07) is 10.4. The van der Waals surface area contributed by atoms with Crippen molar-refractivity contribution >= 4 is 6.08 Å². The highest BCUT2D eigenvalue weighted by atomic mass is 19.1. The molecule has 0 saturated heterocycles. The predicted octanol–water partition coefficient (Wildman–Crippen LogP) is 3.62. The molecule has 0 aliphatic rings. The fraction of sp³-hybridized carbons (Fsp3) is 0.333. The van der Waals surface area contributed by atoms with Crippen molar-refractivity contribution in [1.29, 1.82) is 0 Å². The Hall–Kier alpha value is -2.01. The molecular weight excluding hydrogens is 319 g/mol. The van der Waals surface area contributed by atoms with Crippen LogP contribution in [-0.2, 0) is 0 Å². The molecule has 0 spiro atoms. The van der Waals surface area contributed by atoms with Gasteiger partial charge in [0.2, 0.25) is 0 Å². The molecule has 4 heteroatoms. The Kier molecular flexibility index (Phi) is 6.88. The van der Waals surface area contributed by atoms with E-state index in [1.165, 1.54) is 12.1 Å². The lowest BCUT2D eigenvalue weighted by Gasteiger charge is -2.14. The third kappa shape index (κ3) is 5.49. The average Bonchev–Trinajstić information content (AvgIpc) is 2.54. The topological polar surface area (TPSA) is 60.7 Å². The number of rotatable bonds is 7. The lowest BCUT2D eigenvalue weighted by atomic mass is 9.93. The molecule has 134 valence electrons. The monoisotopic (exact) mass is 344 g/mol. The van der Waals surface area contributed by atoms with Gasteiger partial charge < -0.3 is 15.3 Å². The first-order valence-electron chi connectivity index (χ1n) is 8.43. The van der Waals surface area contributed by atoms with Gasteiger partial charge in [0.05, 0.1) is 12.2 Å². The fourth-order valence-electron chi connectivity index (χ4n) is 2.90. The van der Waals surface area contributed by atoms with Crippen LogP contribution in [-0.4, -0.2) is 34.1 Å². The van der Waals surface area contributed by atoms with Gasteiger partial charge in [-0.2, -0.15) is 0 Å². The predicted molar refractivity (Wildman–Crippen MR) is 98.7 cm³/mol. The van der Waals surface area contributed by atoms with Crippen LogP contribution in [0.25, 0.3) is 17.2 Å². The number of aliphatic hydroxyl groups is 3. The number of aryl methyl sites for hydroxylation is 2. The molecule has 2 aromatic carbocycles. The van der Waals surface area contributed by atoms with Crippen LogP contribution in [0.15, 0.2) is 42.5 Å². The van der Waals surface area contributed by atoms with E-state index in [2.05, 4.69) is 6.07 Å². The van der Waals surface area contributed by atoms with E-state index in [4.69, 9.17) is 5.11 Å². The number of aliphatic hydroxyl groups excluding tert-OH is 3. The molecule has 0 amide bonds. The lowest BCUT2D eigenvalue weighted by molar-refractivity contribution is 0.0827. The van der Waals surface area contributed by atoms with Crippen molar-refractivity contribution in [2.75, 3.05) is 6.61 Å². The van der Waals surface area contributed by atoms with Crippen molar-refractivity contribution in [3.63, 3.8) is 0 Å². The third-order valence-electron chi connectivity index (χ3n) is 4.15. The van der Waals surface area contributed by atoms with Crippen molar-refractivity contribution in [1.82, 2.24) is 0 Å². The van der Waals surface area contributed by atoms with Crippen molar-refractivity contribution in [3.8, 4) is 11.1 Å². The molecule has 2 rings (SSSR count). The van der Waals surface area contributed by atoms with Gasteiger partial charge in [0.15, 0.2) is 0 Å². The van der Waals surface area contributed by atoms with E-state index in [9.17, 15) is 14.6 Å². The van der Waals surface area contributed by atoms with Gasteiger partial charge in [0.1, 0.15) is 5.82 Å². The minimum absolute atomic E-state index is 0.108. The summed E-state index contributed by atoms with van der Waals surface area (Å²) in [6.45, 7) is 3.89. The van der Waals surface area contributed by atoms with E-state index in [0.717, 1.165) is 27.8 Å². The highest BCUT2D eigenvalue weighted by molar-refractivity contribution is 5.77. The third-order valence-corrected chi connectivity index (χ3v) is 4.15. The maximum absolute atomic E-state index is 13.2. The van der Waals surface area contributed by atoms with Crippen LogP contribution in [0.1, 0.15) is 29.5 Å². The molecule has 2 unspecified atom stereocenters. The molecule has 2 atom stereocenters.